The number of halogens is 7. The van der Waals surface area contributed by atoms with E-state index in [0.29, 0.717) is 0 Å². The van der Waals surface area contributed by atoms with E-state index in [1.165, 1.54) is 18.2 Å². The Morgan fingerprint density at radius 2 is 1.75 bits per heavy atom. The lowest BCUT2D eigenvalue weighted by Gasteiger charge is -2.05. The summed E-state index contributed by atoms with van der Waals surface area (Å²) in [6.45, 7) is 0. The Balaban J connectivity index is 2.63. The largest absolute Gasteiger partial charge is 0.435 e. The van der Waals surface area contributed by atoms with Gasteiger partial charge in [0.05, 0.1) is 21.6 Å². The molecule has 0 amide bonds. The minimum Gasteiger partial charge on any atom is -0.221 e. The van der Waals surface area contributed by atoms with Crippen molar-refractivity contribution >= 4 is 46.4 Å². The molecule has 0 saturated carbocycles. The van der Waals surface area contributed by atoms with Crippen molar-refractivity contribution in [3.8, 4) is 5.69 Å². The monoisotopic (exact) mass is 362 g/mol. The molecule has 0 radical (unpaired) electrons. The van der Waals surface area contributed by atoms with Crippen LogP contribution in [0.15, 0.2) is 18.2 Å². The molecular formula is C11H5Cl4F3N2. The van der Waals surface area contributed by atoms with E-state index in [1.807, 2.05) is 0 Å². The summed E-state index contributed by atoms with van der Waals surface area (Å²) in [6.07, 6.45) is -4.64. The van der Waals surface area contributed by atoms with E-state index in [0.717, 1.165) is 4.68 Å². The first-order valence-electron chi connectivity index (χ1n) is 5.11. The molecule has 0 atom stereocenters. The third kappa shape index (κ3) is 2.86. The fraction of sp³-hybridized carbons (Fsp3) is 0.182. The van der Waals surface area contributed by atoms with Crippen LogP contribution in [-0.2, 0) is 12.1 Å². The predicted octanol–water partition coefficient (Wildman–Crippen LogP) is 5.59. The molecule has 0 aliphatic rings. The standard InChI is InChI=1S/C11H5Cl4F3N2/c12-4-6-9(11(16,17)18)19-20(10(6)15)5-1-2-7(13)8(14)3-5/h1-3H,4H2. The topological polar surface area (TPSA) is 17.8 Å². The summed E-state index contributed by atoms with van der Waals surface area (Å²) in [5.74, 6) is -0.408. The van der Waals surface area contributed by atoms with Gasteiger partial charge in [-0.3, -0.25) is 0 Å². The molecule has 0 fully saturated rings. The van der Waals surface area contributed by atoms with Gasteiger partial charge in [-0.1, -0.05) is 34.8 Å². The molecule has 20 heavy (non-hydrogen) atoms. The Morgan fingerprint density at radius 1 is 1.10 bits per heavy atom. The van der Waals surface area contributed by atoms with Gasteiger partial charge in [0.25, 0.3) is 0 Å². The molecule has 1 aromatic heterocycles. The van der Waals surface area contributed by atoms with Gasteiger partial charge in [0.1, 0.15) is 5.15 Å². The molecule has 0 spiro atoms. The Morgan fingerprint density at radius 3 is 2.20 bits per heavy atom. The molecule has 2 aromatic rings. The Bertz CT molecular complexity index is 652. The molecular weight excluding hydrogens is 359 g/mol. The van der Waals surface area contributed by atoms with Gasteiger partial charge in [0, 0.05) is 5.56 Å². The van der Waals surface area contributed by atoms with Gasteiger partial charge in [-0.15, -0.1) is 11.6 Å². The smallest absolute Gasteiger partial charge is 0.221 e. The fourth-order valence-electron chi connectivity index (χ4n) is 1.56. The molecule has 108 valence electrons. The lowest BCUT2D eigenvalue weighted by atomic mass is 10.2. The maximum absolute atomic E-state index is 12.8. The fourth-order valence-corrected chi connectivity index (χ4v) is 2.47. The van der Waals surface area contributed by atoms with Crippen LogP contribution in [0.1, 0.15) is 11.3 Å². The molecule has 0 aliphatic carbocycles. The summed E-state index contributed by atoms with van der Waals surface area (Å²) in [7, 11) is 0. The van der Waals surface area contributed by atoms with Crippen LogP contribution < -0.4 is 0 Å². The molecule has 0 unspecified atom stereocenters. The second-order valence-corrected chi connectivity index (χ2v) is 5.20. The third-order valence-electron chi connectivity index (χ3n) is 2.47. The highest BCUT2D eigenvalue weighted by molar-refractivity contribution is 6.42. The summed E-state index contributed by atoms with van der Waals surface area (Å²) < 4.78 is 39.5. The van der Waals surface area contributed by atoms with Crippen LogP contribution in [-0.4, -0.2) is 9.78 Å². The van der Waals surface area contributed by atoms with Crippen LogP contribution in [0.3, 0.4) is 0 Å². The van der Waals surface area contributed by atoms with Crippen molar-refractivity contribution in [1.82, 2.24) is 9.78 Å². The van der Waals surface area contributed by atoms with Crippen LogP contribution in [0.4, 0.5) is 13.2 Å². The normalized spacial score (nSPS) is 11.9. The number of hydrogen-bond acceptors (Lipinski definition) is 1. The Kier molecular flexibility index (Phi) is 4.44. The van der Waals surface area contributed by atoms with Crippen molar-refractivity contribution in [2.45, 2.75) is 12.1 Å². The number of hydrogen-bond donors (Lipinski definition) is 0. The summed E-state index contributed by atoms with van der Waals surface area (Å²) in [6, 6.07) is 4.25. The van der Waals surface area contributed by atoms with Crippen molar-refractivity contribution in [2.75, 3.05) is 0 Å². The molecule has 9 heteroatoms. The third-order valence-corrected chi connectivity index (χ3v) is 3.87. The molecule has 0 aliphatic heterocycles. The number of nitrogens with zero attached hydrogens (tertiary/aromatic N) is 2. The number of benzene rings is 1. The molecule has 1 heterocycles. The molecule has 1 aromatic carbocycles. The van der Waals surface area contributed by atoms with Crippen LogP contribution in [0.5, 0.6) is 0 Å². The first kappa shape index (κ1) is 15.8. The van der Waals surface area contributed by atoms with Crippen LogP contribution in [0, 0.1) is 0 Å². The summed E-state index contributed by atoms with van der Waals surface area (Å²) in [4.78, 5) is 0. The maximum atomic E-state index is 12.8. The zero-order chi connectivity index (χ0) is 15.1. The second-order valence-electron chi connectivity index (χ2n) is 3.76. The second kappa shape index (κ2) is 5.64. The lowest BCUT2D eigenvalue weighted by molar-refractivity contribution is -0.141. The highest BCUT2D eigenvalue weighted by Crippen LogP contribution is 2.37. The molecule has 0 saturated heterocycles. The average molecular weight is 364 g/mol. The van der Waals surface area contributed by atoms with Crippen LogP contribution in [0.2, 0.25) is 15.2 Å². The SMILES string of the molecule is FC(F)(F)c1nn(-c2ccc(Cl)c(Cl)c2)c(Cl)c1CCl. The van der Waals surface area contributed by atoms with Gasteiger partial charge in [-0.25, -0.2) is 4.68 Å². The van der Waals surface area contributed by atoms with Gasteiger partial charge in [0.15, 0.2) is 5.69 Å². The molecule has 0 N–H and O–H groups in total. The van der Waals surface area contributed by atoms with E-state index in [4.69, 9.17) is 46.4 Å². The van der Waals surface area contributed by atoms with Gasteiger partial charge < -0.3 is 0 Å². The average Bonchev–Trinajstić information content (AvgIpc) is 2.69. The minimum atomic E-state index is -4.64. The minimum absolute atomic E-state index is 0.178. The van der Waals surface area contributed by atoms with E-state index in [-0.39, 0.29) is 26.4 Å². The highest BCUT2D eigenvalue weighted by Gasteiger charge is 2.38. The Hall–Kier alpha value is -0.620. The lowest BCUT2D eigenvalue weighted by Crippen LogP contribution is -2.09. The summed E-state index contributed by atoms with van der Waals surface area (Å²) in [5, 5.41) is 3.70. The molecule has 2 rings (SSSR count). The van der Waals surface area contributed by atoms with Gasteiger partial charge >= 0.3 is 6.18 Å². The highest BCUT2D eigenvalue weighted by atomic mass is 35.5. The summed E-state index contributed by atoms with van der Waals surface area (Å²) >= 11 is 23.0. The van der Waals surface area contributed by atoms with E-state index >= 15 is 0 Å². The summed E-state index contributed by atoms with van der Waals surface area (Å²) in [5.41, 5.74) is -1.15. The number of aromatic nitrogens is 2. The number of alkyl halides is 4. The molecule has 0 bridgehead atoms. The predicted molar refractivity (Wildman–Crippen MR) is 73.2 cm³/mol. The van der Waals surface area contributed by atoms with E-state index < -0.39 is 17.8 Å². The quantitative estimate of drug-likeness (QED) is 0.636. The zero-order valence-corrected chi connectivity index (χ0v) is 12.5. The molecule has 2 nitrogen and oxygen atoms in total. The van der Waals surface area contributed by atoms with E-state index in [1.54, 1.807) is 0 Å². The van der Waals surface area contributed by atoms with Gasteiger partial charge in [0.2, 0.25) is 0 Å². The van der Waals surface area contributed by atoms with Gasteiger partial charge in [-0.05, 0) is 18.2 Å². The number of rotatable bonds is 2. The van der Waals surface area contributed by atoms with Crippen molar-refractivity contribution in [3.05, 3.63) is 44.7 Å². The zero-order valence-electron chi connectivity index (χ0n) is 9.48. The van der Waals surface area contributed by atoms with Crippen molar-refractivity contribution in [3.63, 3.8) is 0 Å². The first-order valence-corrected chi connectivity index (χ1v) is 6.78. The van der Waals surface area contributed by atoms with Crippen LogP contribution in [0.25, 0.3) is 5.69 Å². The van der Waals surface area contributed by atoms with E-state index in [2.05, 4.69) is 5.10 Å². The Labute approximate surface area is 132 Å². The first-order chi connectivity index (χ1) is 9.25. The van der Waals surface area contributed by atoms with Crippen molar-refractivity contribution in [2.24, 2.45) is 0 Å². The van der Waals surface area contributed by atoms with Crippen LogP contribution >= 0.6 is 46.4 Å². The van der Waals surface area contributed by atoms with Gasteiger partial charge in [-0.2, -0.15) is 18.3 Å². The van der Waals surface area contributed by atoms with E-state index in [9.17, 15) is 13.2 Å². The van der Waals surface area contributed by atoms with Crippen molar-refractivity contribution in [1.29, 1.82) is 0 Å². The van der Waals surface area contributed by atoms with Crippen molar-refractivity contribution < 1.29 is 13.2 Å². The maximum Gasteiger partial charge on any atom is 0.435 e.